The fraction of sp³-hybridized carbons (Fsp3) is 0.598. The second-order valence-electron chi connectivity index (χ2n) is 34.7. The lowest BCUT2D eigenvalue weighted by Crippen LogP contribution is -2.52. The average Bonchev–Trinajstić information content (AvgIpc) is 1.64. The molecular formula is C92H130N10O28S. The van der Waals surface area contributed by atoms with Crippen LogP contribution in [0.1, 0.15) is 216 Å². The second kappa shape index (κ2) is 57.1. The zero-order chi connectivity index (χ0) is 98.1. The summed E-state index contributed by atoms with van der Waals surface area (Å²) < 4.78 is 0. The van der Waals surface area contributed by atoms with E-state index in [0.29, 0.717) is 36.9 Å². The smallest absolute Gasteiger partial charge is 0.304 e. The number of carbonyl (C=O) groups excluding carboxylic acids is 17. The van der Waals surface area contributed by atoms with Gasteiger partial charge in [-0.1, -0.05) is 96.8 Å². The molecule has 1 aromatic heterocycles. The van der Waals surface area contributed by atoms with Gasteiger partial charge < -0.3 is 83.8 Å². The average molecular weight is 1860 g/mol. The van der Waals surface area contributed by atoms with Crippen LogP contribution in [0.5, 0.6) is 5.75 Å². The van der Waals surface area contributed by atoms with Gasteiger partial charge in [-0.2, -0.15) is 0 Å². The summed E-state index contributed by atoms with van der Waals surface area (Å²) in [6.07, 6.45) is -6.84. The van der Waals surface area contributed by atoms with E-state index >= 15 is 0 Å². The fourth-order valence-corrected chi connectivity index (χ4v) is 15.8. The molecule has 2 heterocycles. The number of thioether (sulfide) groups is 1. The number of Topliss-reactive ketones (excluding diaryl/α,β-unsaturated/α-hetero) is 8. The van der Waals surface area contributed by atoms with Gasteiger partial charge >= 0.3 is 17.9 Å². The molecule has 17 N–H and O–H groups in total. The number of aromatic hydroxyl groups is 1. The number of ketones is 8. The number of nitrogens with zero attached hydrogens (tertiary/aromatic N) is 2. The van der Waals surface area contributed by atoms with E-state index in [1.54, 1.807) is 78.8 Å². The maximum Gasteiger partial charge on any atom is 0.304 e. The predicted octanol–water partition coefficient (Wildman–Crippen LogP) is 2.85. The first-order chi connectivity index (χ1) is 61.8. The number of aliphatic carboxylic acids is 3. The number of aliphatic hydroxyl groups is 4. The molecule has 39 heteroatoms. The molecule has 0 fully saturated rings. The van der Waals surface area contributed by atoms with Crippen LogP contribution in [0, 0.1) is 59.2 Å². The number of aliphatic hydroxyl groups excluding tert-OH is 4. The van der Waals surface area contributed by atoms with Crippen LogP contribution in [0.3, 0.4) is 0 Å². The van der Waals surface area contributed by atoms with E-state index in [9.17, 15) is 137 Å². The number of unbranched alkanes of at least 4 members (excludes halogenated alkanes) is 1. The third-order valence-corrected chi connectivity index (χ3v) is 23.7. The minimum atomic E-state index is -1.96. The fourth-order valence-electron chi connectivity index (χ4n) is 14.9. The molecule has 0 bridgehead atoms. The van der Waals surface area contributed by atoms with Crippen molar-refractivity contribution in [2.45, 2.75) is 246 Å². The summed E-state index contributed by atoms with van der Waals surface area (Å²) in [5.74, 6) is -30.8. The van der Waals surface area contributed by atoms with Crippen molar-refractivity contribution in [3.05, 3.63) is 95.3 Å². The molecule has 0 radical (unpaired) electrons. The van der Waals surface area contributed by atoms with Crippen LogP contribution in [-0.2, 0) is 99.1 Å². The van der Waals surface area contributed by atoms with Gasteiger partial charge in [0.05, 0.1) is 121 Å². The maximum absolute atomic E-state index is 14.8. The molecule has 2 aromatic carbocycles. The van der Waals surface area contributed by atoms with Crippen molar-refractivity contribution in [3.8, 4) is 5.75 Å². The number of nitrogens with one attached hydrogen (secondary N) is 7. The van der Waals surface area contributed by atoms with Crippen LogP contribution in [0.25, 0.3) is 0 Å². The molecule has 38 nitrogen and oxygen atoms in total. The van der Waals surface area contributed by atoms with E-state index in [-0.39, 0.29) is 104 Å². The van der Waals surface area contributed by atoms with Crippen molar-refractivity contribution in [3.63, 3.8) is 0 Å². The number of hydrogen-bond donors (Lipinski definition) is 16. The van der Waals surface area contributed by atoms with Crippen molar-refractivity contribution < 1.29 is 137 Å². The van der Waals surface area contributed by atoms with Crippen molar-refractivity contribution in [1.82, 2.24) is 47.1 Å². The van der Waals surface area contributed by atoms with Gasteiger partial charge in [-0.15, -0.1) is 11.8 Å². The highest BCUT2D eigenvalue weighted by atomic mass is 32.2. The first-order valence-corrected chi connectivity index (χ1v) is 45.4. The molecular weight excluding hydrogens is 1730 g/mol. The van der Waals surface area contributed by atoms with E-state index in [4.69, 9.17) is 5.73 Å². The molecule has 9 amide bonds. The van der Waals surface area contributed by atoms with Gasteiger partial charge in [0.1, 0.15) is 23.4 Å². The highest BCUT2D eigenvalue weighted by molar-refractivity contribution is 8.00. The number of nitrogens with two attached hydrogens (primary N) is 1. The number of hydrogen-bond acceptors (Lipinski definition) is 28. The lowest BCUT2D eigenvalue weighted by atomic mass is 9.85. The molecule has 0 spiro atoms. The SMILES string of the molecule is CC[C@H](C)[C@H](NC(=O)[C@H](CO)CC(=O)[C@H](CC(C)C)NC(=O)[C@H](CC(=O)O)CC(=O)[C@H](CO)NC(=O)[C@@H](CC(=O)[C@H](Cc1ccccc1)NC(=O)[C@@H](CC(=O)CNC(=O)[C@H](CCC(=O)O)CC(=O)CSCC(=O)CCCN1C(=O)c2ccncc2C1=O)[C@@H](C)O)[C@@H](C)O)C(=O)C[C@@H](Cc1ccc(O)cc1)C(=O)N[C@@H](CC(C)C)C(=O)C[C@@H](CC(=O)O)C(=O)N[C@H](C)CCCCN. The molecule has 0 saturated heterocycles. The Morgan fingerprint density at radius 1 is 0.450 bits per heavy atom. The van der Waals surface area contributed by atoms with Crippen LogP contribution in [0.15, 0.2) is 73.1 Å². The number of carboxylic acids is 3. The molecule has 1 aliphatic rings. The standard InChI is InChI=1S/C92H130N10O28S/c1-10-52(6)83(79(115)38-59(33-57-21-24-63(107)25-22-57)86(124)97-71(31-50(2)3)75(111)36-60(40-81(118)119)85(123)96-53(7)17-14-15-28-93)101-88(126)62(46-103)39-76(112)72(32-51(4)5)98-87(125)61(41-82(120)121)37-77(113)74(47-104)100-90(128)69(55(9)106)43-78(114)73(34-56-18-12-11-13-19-56)99-89(127)68(54(8)105)42-65(109)44-95-84(122)58(23-26-80(116)117)35-66(110)49-131-48-64(108)20-16-30-102-91(129)67-27-29-94-45-70(67)92(102)130/h11-13,18-19,21-22,24-25,27,29,45,50-55,58-62,68-69,71-74,83,103-107H,10,14-17,20,23,26,28,30-44,46-49,93H2,1-9H3,(H,95,122)(H,96,123)(H,97,124)(H,98,125)(H,99,127)(H,100,128)(H,101,126)(H,116,117)(H,118,119)(H,120,121)/t52-,53+,54+,55+,58+,59+,60-,61-,62-,68-,69-,71-,72-,73-,74-,83-/m0/s1. The third kappa shape index (κ3) is 39.4. The van der Waals surface area contributed by atoms with Crippen molar-refractivity contribution in [2.75, 3.05) is 44.4 Å². The number of imide groups is 1. The molecule has 0 unspecified atom stereocenters. The van der Waals surface area contributed by atoms with Crippen LogP contribution in [-0.4, -0.2) is 261 Å². The number of phenolic OH excluding ortho intramolecular Hbond substituents is 1. The number of fused-ring (bicyclic) bond motifs is 1. The van der Waals surface area contributed by atoms with Crippen molar-refractivity contribution in [1.29, 1.82) is 0 Å². The summed E-state index contributed by atoms with van der Waals surface area (Å²) in [7, 11) is 0. The Morgan fingerprint density at radius 3 is 1.47 bits per heavy atom. The Bertz CT molecular complexity index is 4410. The van der Waals surface area contributed by atoms with Crippen molar-refractivity contribution >= 4 is 129 Å². The number of carbonyl (C=O) groups is 20. The number of benzene rings is 2. The molecule has 722 valence electrons. The number of carboxylic acid groups (broad SMARTS) is 3. The Morgan fingerprint density at radius 2 is 0.947 bits per heavy atom. The zero-order valence-corrected chi connectivity index (χ0v) is 76.6. The van der Waals surface area contributed by atoms with Crippen LogP contribution >= 0.6 is 11.8 Å². The first kappa shape index (κ1) is 112. The van der Waals surface area contributed by atoms with E-state index in [2.05, 4.69) is 42.2 Å². The van der Waals surface area contributed by atoms with Crippen molar-refractivity contribution in [2.24, 2.45) is 64.9 Å². The maximum atomic E-state index is 14.8. The number of pyridine rings is 1. The minimum Gasteiger partial charge on any atom is -0.508 e. The van der Waals surface area contributed by atoms with Gasteiger partial charge in [-0.25, -0.2) is 0 Å². The van der Waals surface area contributed by atoms with Gasteiger partial charge in [-0.3, -0.25) is 106 Å². The lowest BCUT2D eigenvalue weighted by Gasteiger charge is -2.29. The molecule has 0 saturated carbocycles. The highest BCUT2D eigenvalue weighted by Gasteiger charge is 2.42. The van der Waals surface area contributed by atoms with E-state index < -0.39 is 291 Å². The predicted molar refractivity (Wildman–Crippen MR) is 475 cm³/mol. The summed E-state index contributed by atoms with van der Waals surface area (Å²) in [5, 5.41) is 101. The van der Waals surface area contributed by atoms with Crippen LogP contribution in [0.4, 0.5) is 0 Å². The number of amides is 9. The summed E-state index contributed by atoms with van der Waals surface area (Å²) in [5.41, 5.74) is 6.87. The van der Waals surface area contributed by atoms with Gasteiger partial charge in [0.15, 0.2) is 34.7 Å². The molecule has 3 aromatic rings. The normalized spacial score (nSPS) is 15.6. The zero-order valence-electron chi connectivity index (χ0n) is 75.7. The van der Waals surface area contributed by atoms with E-state index in [0.717, 1.165) is 30.5 Å². The van der Waals surface area contributed by atoms with E-state index in [1.165, 1.54) is 42.7 Å². The minimum absolute atomic E-state index is 0.0362. The molecule has 4 rings (SSSR count). The number of rotatable bonds is 67. The lowest BCUT2D eigenvalue weighted by molar-refractivity contribution is -0.143. The summed E-state index contributed by atoms with van der Waals surface area (Å²) in [4.78, 5) is 277. The van der Waals surface area contributed by atoms with Gasteiger partial charge in [-0.05, 0) is 126 Å². The highest BCUT2D eigenvalue weighted by Crippen LogP contribution is 2.28. The summed E-state index contributed by atoms with van der Waals surface area (Å²) in [6, 6.07) is 7.01. The van der Waals surface area contributed by atoms with Crippen LogP contribution in [0.2, 0.25) is 0 Å². The molecule has 131 heavy (non-hydrogen) atoms. The Kier molecular flexibility index (Phi) is 48.9. The van der Waals surface area contributed by atoms with Gasteiger partial charge in [0.25, 0.3) is 11.8 Å². The number of phenols is 1. The summed E-state index contributed by atoms with van der Waals surface area (Å²) in [6.45, 7) is 11.5. The van der Waals surface area contributed by atoms with Gasteiger partial charge in [0, 0.05) is 94.6 Å². The molecule has 16 atom stereocenters. The first-order valence-electron chi connectivity index (χ1n) is 44.2. The van der Waals surface area contributed by atoms with Crippen LogP contribution < -0.4 is 43.0 Å². The second-order valence-corrected chi connectivity index (χ2v) is 35.7. The number of aromatic nitrogens is 1. The summed E-state index contributed by atoms with van der Waals surface area (Å²) >= 11 is 0.926. The quantitative estimate of drug-likeness (QED) is 0.0285. The Labute approximate surface area is 765 Å². The monoisotopic (exact) mass is 1850 g/mol. The molecule has 1 aliphatic heterocycles. The molecule has 0 aliphatic carbocycles. The Balaban J connectivity index is 1.46. The third-order valence-electron chi connectivity index (χ3n) is 22.6. The van der Waals surface area contributed by atoms with E-state index in [1.807, 2.05) is 0 Å². The topological polar surface area (TPSA) is 630 Å². The van der Waals surface area contributed by atoms with Gasteiger partial charge in [0.2, 0.25) is 41.4 Å². The Hall–Kier alpha value is -11.3. The largest absolute Gasteiger partial charge is 0.508 e.